The molecule has 0 saturated carbocycles. The Morgan fingerprint density at radius 3 is 2.70 bits per heavy atom. The fraction of sp³-hybridized carbons (Fsp3) is 1.00. The maximum Gasteiger partial charge on any atom is 0.0142 e. The molecule has 1 N–H and O–H groups in total. The molecular formula is C8H18N2. The van der Waals surface area contributed by atoms with Gasteiger partial charge in [-0.05, 0) is 39.5 Å². The summed E-state index contributed by atoms with van der Waals surface area (Å²) in [5, 5.41) is 3.21. The highest BCUT2D eigenvalue weighted by atomic mass is 15.2. The molecule has 2 unspecified atom stereocenters. The van der Waals surface area contributed by atoms with Crippen molar-refractivity contribution in [3.63, 3.8) is 0 Å². The van der Waals surface area contributed by atoms with Gasteiger partial charge in [0.1, 0.15) is 0 Å². The predicted molar refractivity (Wildman–Crippen MR) is 44.1 cm³/mol. The van der Waals surface area contributed by atoms with E-state index in [2.05, 4.69) is 24.2 Å². The van der Waals surface area contributed by atoms with Gasteiger partial charge in [-0.2, -0.15) is 0 Å². The lowest BCUT2D eigenvalue weighted by atomic mass is 9.91. The van der Waals surface area contributed by atoms with Crippen LogP contribution < -0.4 is 5.32 Å². The third-order valence-corrected chi connectivity index (χ3v) is 2.53. The highest BCUT2D eigenvalue weighted by Crippen LogP contribution is 2.21. The number of hydrogen-bond donors (Lipinski definition) is 1. The Morgan fingerprint density at radius 1 is 1.70 bits per heavy atom. The van der Waals surface area contributed by atoms with Crippen molar-refractivity contribution in [1.29, 1.82) is 0 Å². The van der Waals surface area contributed by atoms with Crippen LogP contribution in [0.1, 0.15) is 13.3 Å². The molecular weight excluding hydrogens is 124 g/mol. The molecule has 1 rings (SSSR count). The molecule has 1 fully saturated rings. The Bertz CT molecular complexity index is 103. The van der Waals surface area contributed by atoms with Gasteiger partial charge >= 0.3 is 0 Å². The summed E-state index contributed by atoms with van der Waals surface area (Å²) in [6, 6.07) is 0.840. The van der Waals surface area contributed by atoms with Gasteiger partial charge in [-0.1, -0.05) is 6.92 Å². The first-order chi connectivity index (χ1) is 4.75. The van der Waals surface area contributed by atoms with E-state index in [1.807, 2.05) is 7.05 Å². The Kier molecular flexibility index (Phi) is 2.69. The minimum absolute atomic E-state index is 0.809. The molecule has 2 nitrogen and oxygen atoms in total. The molecule has 0 aromatic rings. The fourth-order valence-electron chi connectivity index (χ4n) is 1.71. The number of hydrogen-bond acceptors (Lipinski definition) is 2. The van der Waals surface area contributed by atoms with E-state index >= 15 is 0 Å². The number of nitrogens with zero attached hydrogens (tertiary/aromatic N) is 1. The van der Waals surface area contributed by atoms with Crippen LogP contribution in [-0.4, -0.2) is 38.1 Å². The first-order valence-corrected chi connectivity index (χ1v) is 4.10. The van der Waals surface area contributed by atoms with Gasteiger partial charge in [-0.3, -0.25) is 0 Å². The van der Waals surface area contributed by atoms with Gasteiger partial charge < -0.3 is 10.2 Å². The normalized spacial score (nSPS) is 29.7. The lowest BCUT2D eigenvalue weighted by molar-refractivity contribution is 0.0802. The molecule has 1 heterocycles. The topological polar surface area (TPSA) is 15.3 Å². The first-order valence-electron chi connectivity index (χ1n) is 4.10. The Labute approximate surface area is 63.6 Å². The minimum Gasteiger partial charge on any atom is -0.319 e. The number of nitrogens with one attached hydrogen (secondary N) is 1. The highest BCUT2D eigenvalue weighted by Gasteiger charge is 2.28. The molecule has 0 aliphatic carbocycles. The van der Waals surface area contributed by atoms with Crippen molar-refractivity contribution >= 4 is 0 Å². The third-order valence-electron chi connectivity index (χ3n) is 2.53. The summed E-state index contributed by atoms with van der Waals surface area (Å²) in [6.45, 7) is 4.75. The fourth-order valence-corrected chi connectivity index (χ4v) is 1.71. The lowest BCUT2D eigenvalue weighted by Crippen LogP contribution is -2.50. The molecule has 0 aromatic carbocycles. The lowest BCUT2D eigenvalue weighted by Gasteiger charge is -2.41. The van der Waals surface area contributed by atoms with Gasteiger partial charge in [0.15, 0.2) is 0 Å². The summed E-state index contributed by atoms with van der Waals surface area (Å²) >= 11 is 0. The van der Waals surface area contributed by atoms with Gasteiger partial charge in [0.2, 0.25) is 0 Å². The van der Waals surface area contributed by atoms with Crippen molar-refractivity contribution < 1.29 is 0 Å². The van der Waals surface area contributed by atoms with E-state index in [4.69, 9.17) is 0 Å². The zero-order valence-corrected chi connectivity index (χ0v) is 7.22. The Balaban J connectivity index is 2.20. The summed E-state index contributed by atoms with van der Waals surface area (Å²) in [6.07, 6.45) is 1.39. The van der Waals surface area contributed by atoms with Crippen molar-refractivity contribution in [3.8, 4) is 0 Å². The van der Waals surface area contributed by atoms with Crippen LogP contribution in [0.3, 0.4) is 0 Å². The van der Waals surface area contributed by atoms with Crippen LogP contribution >= 0.6 is 0 Å². The summed E-state index contributed by atoms with van der Waals surface area (Å²) < 4.78 is 0. The molecule has 2 heteroatoms. The largest absolute Gasteiger partial charge is 0.319 e. The SMILES string of the molecule is CNCC(C)C1CCN1C. The first kappa shape index (κ1) is 8.02. The molecule has 2 atom stereocenters. The van der Waals surface area contributed by atoms with E-state index in [0.29, 0.717) is 0 Å². The molecule has 60 valence electrons. The van der Waals surface area contributed by atoms with Crippen LogP contribution in [0.25, 0.3) is 0 Å². The zero-order valence-electron chi connectivity index (χ0n) is 7.22. The highest BCUT2D eigenvalue weighted by molar-refractivity contribution is 4.84. The quantitative estimate of drug-likeness (QED) is 0.619. The summed E-state index contributed by atoms with van der Waals surface area (Å²) in [5.74, 6) is 0.809. The van der Waals surface area contributed by atoms with Gasteiger partial charge in [-0.25, -0.2) is 0 Å². The van der Waals surface area contributed by atoms with Crippen LogP contribution in [0.15, 0.2) is 0 Å². The molecule has 0 radical (unpaired) electrons. The van der Waals surface area contributed by atoms with Crippen LogP contribution in [0.4, 0.5) is 0 Å². The molecule has 0 amide bonds. The minimum atomic E-state index is 0.809. The van der Waals surface area contributed by atoms with Crippen LogP contribution in [0.2, 0.25) is 0 Å². The second-order valence-electron chi connectivity index (χ2n) is 3.37. The molecule has 1 saturated heterocycles. The number of likely N-dealkylation sites (tertiary alicyclic amines) is 1. The van der Waals surface area contributed by atoms with E-state index < -0.39 is 0 Å². The molecule has 1 aliphatic heterocycles. The van der Waals surface area contributed by atoms with Gasteiger partial charge in [0, 0.05) is 6.04 Å². The van der Waals surface area contributed by atoms with Crippen LogP contribution in [-0.2, 0) is 0 Å². The van der Waals surface area contributed by atoms with Crippen molar-refractivity contribution in [3.05, 3.63) is 0 Å². The molecule has 10 heavy (non-hydrogen) atoms. The number of rotatable bonds is 3. The standard InChI is InChI=1S/C8H18N2/c1-7(6-9-2)8-4-5-10(8)3/h7-9H,4-6H2,1-3H3. The summed E-state index contributed by atoms with van der Waals surface area (Å²) in [4.78, 5) is 2.43. The van der Waals surface area contributed by atoms with Crippen molar-refractivity contribution in [1.82, 2.24) is 10.2 Å². The second kappa shape index (κ2) is 3.35. The smallest absolute Gasteiger partial charge is 0.0142 e. The van der Waals surface area contributed by atoms with E-state index in [1.165, 1.54) is 13.0 Å². The van der Waals surface area contributed by atoms with E-state index in [1.54, 1.807) is 0 Å². The van der Waals surface area contributed by atoms with E-state index in [9.17, 15) is 0 Å². The second-order valence-corrected chi connectivity index (χ2v) is 3.37. The van der Waals surface area contributed by atoms with Gasteiger partial charge in [-0.15, -0.1) is 0 Å². The monoisotopic (exact) mass is 142 g/mol. The van der Waals surface area contributed by atoms with Gasteiger partial charge in [0.25, 0.3) is 0 Å². The average molecular weight is 142 g/mol. The molecule has 0 bridgehead atoms. The van der Waals surface area contributed by atoms with E-state index in [0.717, 1.165) is 18.5 Å². The van der Waals surface area contributed by atoms with Gasteiger partial charge in [0.05, 0.1) is 0 Å². The Hall–Kier alpha value is -0.0800. The Morgan fingerprint density at radius 2 is 2.40 bits per heavy atom. The maximum absolute atomic E-state index is 3.21. The predicted octanol–water partition coefficient (Wildman–Crippen LogP) is 0.546. The van der Waals surface area contributed by atoms with E-state index in [-0.39, 0.29) is 0 Å². The van der Waals surface area contributed by atoms with Crippen molar-refractivity contribution in [2.24, 2.45) is 5.92 Å². The average Bonchev–Trinajstić information content (AvgIpc) is 1.85. The summed E-state index contributed by atoms with van der Waals surface area (Å²) in [5.41, 5.74) is 0. The van der Waals surface area contributed by atoms with Crippen molar-refractivity contribution in [2.45, 2.75) is 19.4 Å². The van der Waals surface area contributed by atoms with Crippen LogP contribution in [0.5, 0.6) is 0 Å². The summed E-state index contributed by atoms with van der Waals surface area (Å²) in [7, 11) is 4.23. The maximum atomic E-state index is 3.21. The molecule has 0 aromatic heterocycles. The molecule has 0 spiro atoms. The molecule has 1 aliphatic rings. The van der Waals surface area contributed by atoms with Crippen molar-refractivity contribution in [2.75, 3.05) is 27.2 Å². The third kappa shape index (κ3) is 1.50. The zero-order chi connectivity index (χ0) is 7.56. The van der Waals surface area contributed by atoms with Crippen LogP contribution in [0, 0.1) is 5.92 Å².